The second-order valence-corrected chi connectivity index (χ2v) is 7.73. The van der Waals surface area contributed by atoms with Gasteiger partial charge in [0.25, 0.3) is 5.91 Å². The first kappa shape index (κ1) is 24.4. The number of carbonyl (C=O) groups is 2. The van der Waals surface area contributed by atoms with Gasteiger partial charge in [-0.25, -0.2) is 4.79 Å². The number of thiophene rings is 1. The molecule has 2 N–H and O–H groups in total. The molecule has 0 aliphatic rings. The molecule has 9 heteroatoms. The molecule has 0 saturated heterocycles. The zero-order valence-corrected chi connectivity index (χ0v) is 19.6. The highest BCUT2D eigenvalue weighted by atomic mass is 32.1. The number of aromatic hydroxyl groups is 1. The molecular formula is C25H22N2O6S. The van der Waals surface area contributed by atoms with E-state index in [0.717, 1.165) is 16.9 Å². The van der Waals surface area contributed by atoms with Gasteiger partial charge in [0, 0.05) is 16.5 Å². The number of anilines is 1. The normalized spacial score (nSPS) is 10.8. The van der Waals surface area contributed by atoms with Gasteiger partial charge < -0.3 is 24.6 Å². The Morgan fingerprint density at radius 3 is 2.41 bits per heavy atom. The Morgan fingerprint density at radius 1 is 1.12 bits per heavy atom. The summed E-state index contributed by atoms with van der Waals surface area (Å²) in [7, 11) is 3.02. The van der Waals surface area contributed by atoms with Gasteiger partial charge in [-0.15, -0.1) is 11.3 Å². The van der Waals surface area contributed by atoms with Crippen LogP contribution < -0.4 is 14.8 Å². The van der Waals surface area contributed by atoms with E-state index in [9.17, 15) is 20.0 Å². The van der Waals surface area contributed by atoms with Gasteiger partial charge >= 0.3 is 5.97 Å². The molecule has 1 amide bonds. The van der Waals surface area contributed by atoms with Crippen molar-refractivity contribution in [2.24, 2.45) is 0 Å². The van der Waals surface area contributed by atoms with E-state index in [1.807, 2.05) is 6.07 Å². The largest absolute Gasteiger partial charge is 0.507 e. The number of hydrogen-bond donors (Lipinski definition) is 2. The Bertz CT molecular complexity index is 1270. The van der Waals surface area contributed by atoms with Crippen LogP contribution in [0.4, 0.5) is 5.00 Å². The lowest BCUT2D eigenvalue weighted by Gasteiger charge is -2.09. The summed E-state index contributed by atoms with van der Waals surface area (Å²) in [5.74, 6) is -0.341. The number of ether oxygens (including phenoxy) is 3. The van der Waals surface area contributed by atoms with Crippen LogP contribution in [0.15, 0.2) is 53.4 Å². The van der Waals surface area contributed by atoms with Crippen molar-refractivity contribution in [1.82, 2.24) is 0 Å². The molecule has 3 aromatic rings. The Labute approximate surface area is 200 Å². The van der Waals surface area contributed by atoms with Crippen molar-refractivity contribution in [3.8, 4) is 34.4 Å². The van der Waals surface area contributed by atoms with Crippen LogP contribution >= 0.6 is 11.3 Å². The summed E-state index contributed by atoms with van der Waals surface area (Å²) in [4.78, 5) is 25.7. The molecule has 0 unspecified atom stereocenters. The van der Waals surface area contributed by atoms with Gasteiger partial charge in [0.15, 0.2) is 0 Å². The maximum atomic E-state index is 12.9. The molecule has 0 bridgehead atoms. The molecule has 0 fully saturated rings. The number of benzene rings is 2. The second-order valence-electron chi connectivity index (χ2n) is 6.85. The molecule has 0 radical (unpaired) electrons. The van der Waals surface area contributed by atoms with Crippen molar-refractivity contribution in [3.63, 3.8) is 0 Å². The molecular weight excluding hydrogens is 456 g/mol. The third-order valence-electron chi connectivity index (χ3n) is 4.80. The van der Waals surface area contributed by atoms with Crippen molar-refractivity contribution in [3.05, 3.63) is 64.5 Å². The third kappa shape index (κ3) is 5.36. The molecule has 3 rings (SSSR count). The van der Waals surface area contributed by atoms with Crippen LogP contribution in [-0.4, -0.2) is 37.8 Å². The number of nitriles is 1. The lowest BCUT2D eigenvalue weighted by atomic mass is 10.0. The Balaban J connectivity index is 1.97. The Kier molecular flexibility index (Phi) is 7.90. The number of rotatable bonds is 8. The van der Waals surface area contributed by atoms with Gasteiger partial charge in [0.1, 0.15) is 39.5 Å². The molecule has 34 heavy (non-hydrogen) atoms. The number of carbonyl (C=O) groups excluding carboxylic acids is 2. The van der Waals surface area contributed by atoms with Gasteiger partial charge in [0.05, 0.1) is 20.8 Å². The van der Waals surface area contributed by atoms with E-state index in [1.54, 1.807) is 49.7 Å². The van der Waals surface area contributed by atoms with Crippen molar-refractivity contribution in [2.45, 2.75) is 6.92 Å². The Morgan fingerprint density at radius 2 is 1.79 bits per heavy atom. The van der Waals surface area contributed by atoms with Gasteiger partial charge in [-0.05, 0) is 48.9 Å². The zero-order valence-electron chi connectivity index (χ0n) is 18.7. The number of nitrogens with zero attached hydrogens (tertiary/aromatic N) is 1. The van der Waals surface area contributed by atoms with E-state index in [1.165, 1.54) is 25.3 Å². The number of hydrogen-bond acceptors (Lipinski definition) is 8. The van der Waals surface area contributed by atoms with E-state index >= 15 is 0 Å². The van der Waals surface area contributed by atoms with Crippen molar-refractivity contribution < 1.29 is 28.9 Å². The number of nitrogens with one attached hydrogen (secondary N) is 1. The number of phenolic OH excluding ortho intramolecular Hbond substituents is 1. The van der Waals surface area contributed by atoms with E-state index in [2.05, 4.69) is 5.32 Å². The van der Waals surface area contributed by atoms with Crippen molar-refractivity contribution in [1.29, 1.82) is 5.26 Å². The van der Waals surface area contributed by atoms with Crippen LogP contribution in [0.3, 0.4) is 0 Å². The summed E-state index contributed by atoms with van der Waals surface area (Å²) in [5.41, 5.74) is 1.47. The minimum Gasteiger partial charge on any atom is -0.507 e. The van der Waals surface area contributed by atoms with Crippen LogP contribution in [0.25, 0.3) is 17.2 Å². The first-order valence-electron chi connectivity index (χ1n) is 10.1. The SMILES string of the molecule is CCOC(=O)c1c(-c2ccc(OC)cc2)csc1NC(=O)/C(C#N)=C/c1cc(OC)ccc1O. The summed E-state index contributed by atoms with van der Waals surface area (Å²) in [6.45, 7) is 1.84. The van der Waals surface area contributed by atoms with E-state index in [0.29, 0.717) is 17.1 Å². The van der Waals surface area contributed by atoms with Crippen LogP contribution in [0.2, 0.25) is 0 Å². The zero-order chi connectivity index (χ0) is 24.7. The number of phenols is 1. The lowest BCUT2D eigenvalue weighted by molar-refractivity contribution is -0.112. The molecule has 1 heterocycles. The Hall–Kier alpha value is -4.29. The summed E-state index contributed by atoms with van der Waals surface area (Å²) in [6, 6.07) is 13.4. The first-order chi connectivity index (χ1) is 16.4. The standard InChI is InChI=1S/C25H22N2O6S/c1-4-33-25(30)22-20(15-5-7-18(31-2)8-6-15)14-34-24(22)27-23(29)17(13-26)11-16-12-19(32-3)9-10-21(16)28/h5-12,14,28H,4H2,1-3H3,(H,27,29)/b17-11+. The van der Waals surface area contributed by atoms with Gasteiger partial charge in [0.2, 0.25) is 0 Å². The highest BCUT2D eigenvalue weighted by Gasteiger charge is 2.24. The van der Waals surface area contributed by atoms with E-state index in [4.69, 9.17) is 14.2 Å². The fraction of sp³-hybridized carbons (Fsp3) is 0.160. The average molecular weight is 479 g/mol. The van der Waals surface area contributed by atoms with Crippen molar-refractivity contribution >= 4 is 34.3 Å². The maximum absolute atomic E-state index is 12.9. The third-order valence-corrected chi connectivity index (χ3v) is 5.69. The van der Waals surface area contributed by atoms with Crippen molar-refractivity contribution in [2.75, 3.05) is 26.1 Å². The predicted molar refractivity (Wildman–Crippen MR) is 129 cm³/mol. The van der Waals surface area contributed by atoms with Gasteiger partial charge in [-0.1, -0.05) is 12.1 Å². The topological polar surface area (TPSA) is 118 Å². The highest BCUT2D eigenvalue weighted by Crippen LogP contribution is 2.37. The summed E-state index contributed by atoms with van der Waals surface area (Å²) in [6.07, 6.45) is 1.25. The molecule has 0 saturated carbocycles. The highest BCUT2D eigenvalue weighted by molar-refractivity contribution is 7.15. The molecule has 0 aliphatic carbocycles. The molecule has 0 aliphatic heterocycles. The summed E-state index contributed by atoms with van der Waals surface area (Å²) in [5, 5.41) is 24.2. The molecule has 1 aromatic heterocycles. The van der Waals surface area contributed by atoms with Gasteiger partial charge in [-0.3, -0.25) is 4.79 Å². The number of methoxy groups -OCH3 is 2. The minimum atomic E-state index is -0.738. The fourth-order valence-corrected chi connectivity index (χ4v) is 4.04. The smallest absolute Gasteiger partial charge is 0.341 e. The number of esters is 1. The predicted octanol–water partition coefficient (Wildman–Crippen LogP) is 4.86. The number of amides is 1. The monoisotopic (exact) mass is 478 g/mol. The minimum absolute atomic E-state index is 0.119. The van der Waals surface area contributed by atoms with Gasteiger partial charge in [-0.2, -0.15) is 5.26 Å². The van der Waals surface area contributed by atoms with Crippen LogP contribution in [0.5, 0.6) is 17.2 Å². The van der Waals surface area contributed by atoms with Crippen LogP contribution in [0.1, 0.15) is 22.8 Å². The molecule has 0 spiro atoms. The molecule has 8 nitrogen and oxygen atoms in total. The molecule has 174 valence electrons. The quantitative estimate of drug-likeness (QED) is 0.270. The lowest BCUT2D eigenvalue weighted by Crippen LogP contribution is -2.16. The van der Waals surface area contributed by atoms with Crippen LogP contribution in [-0.2, 0) is 9.53 Å². The van der Waals surface area contributed by atoms with E-state index in [-0.39, 0.29) is 34.1 Å². The fourth-order valence-electron chi connectivity index (χ4n) is 3.09. The van der Waals surface area contributed by atoms with Crippen LogP contribution in [0, 0.1) is 11.3 Å². The first-order valence-corrected chi connectivity index (χ1v) is 11.0. The molecule has 2 aromatic carbocycles. The second kappa shape index (κ2) is 11.0. The molecule has 0 atom stereocenters. The summed E-state index contributed by atoms with van der Waals surface area (Å²) >= 11 is 1.14. The summed E-state index contributed by atoms with van der Waals surface area (Å²) < 4.78 is 15.5. The maximum Gasteiger partial charge on any atom is 0.341 e. The van der Waals surface area contributed by atoms with E-state index < -0.39 is 11.9 Å². The average Bonchev–Trinajstić information content (AvgIpc) is 3.27.